The Morgan fingerprint density at radius 3 is 1.03 bits per heavy atom. The molecule has 3 rings (SSSR count). The molecule has 3 aliphatic rings. The molecule has 0 aromatic heterocycles. The molecule has 29 heavy (non-hydrogen) atoms. The summed E-state index contributed by atoms with van der Waals surface area (Å²) in [6.45, 7) is 14.9. The SMILES string of the molecule is CC(C)(C)N[P+](N1CCCCC1)(N1CCCCC1)N1CCCCC1.F[B-](F)(F)F. The van der Waals surface area contributed by atoms with Crippen LogP contribution in [-0.4, -0.2) is 66.1 Å². The first-order valence-electron chi connectivity index (χ1n) is 11.3. The van der Waals surface area contributed by atoms with Crippen LogP contribution in [0.1, 0.15) is 78.6 Å². The molecule has 10 heteroatoms. The Morgan fingerprint density at radius 1 is 0.586 bits per heavy atom. The van der Waals surface area contributed by atoms with Gasteiger partial charge in [0.2, 0.25) is 0 Å². The predicted octanol–water partition coefficient (Wildman–Crippen LogP) is 5.81. The number of hydrogen-bond donors (Lipinski definition) is 1. The van der Waals surface area contributed by atoms with E-state index in [9.17, 15) is 17.3 Å². The van der Waals surface area contributed by atoms with Gasteiger partial charge in [-0.15, -0.1) is 19.1 Å². The molecule has 0 spiro atoms. The van der Waals surface area contributed by atoms with Crippen molar-refractivity contribution in [3.8, 4) is 0 Å². The lowest BCUT2D eigenvalue weighted by molar-refractivity contribution is 0.223. The molecule has 0 aliphatic carbocycles. The molecule has 0 radical (unpaired) electrons. The molecule has 1 N–H and O–H groups in total. The van der Waals surface area contributed by atoms with E-state index in [1.54, 1.807) is 0 Å². The number of nitrogens with zero attached hydrogens (tertiary/aromatic N) is 3. The normalized spacial score (nSPS) is 24.1. The highest BCUT2D eigenvalue weighted by Crippen LogP contribution is 2.67. The molecule has 0 atom stereocenters. The van der Waals surface area contributed by atoms with Crippen molar-refractivity contribution in [2.45, 2.75) is 84.1 Å². The Balaban J connectivity index is 0.000000537. The Kier molecular flexibility index (Phi) is 9.67. The minimum absolute atomic E-state index is 0.167. The lowest BCUT2D eigenvalue weighted by Crippen LogP contribution is -2.58. The summed E-state index contributed by atoms with van der Waals surface area (Å²) < 4.78 is 47.7. The van der Waals surface area contributed by atoms with Crippen LogP contribution in [0.15, 0.2) is 0 Å². The van der Waals surface area contributed by atoms with E-state index >= 15 is 0 Å². The maximum Gasteiger partial charge on any atom is 0.673 e. The Bertz CT molecular complexity index is 420. The number of hydrogen-bond acceptors (Lipinski definition) is 4. The smallest absolute Gasteiger partial charge is 0.418 e. The van der Waals surface area contributed by atoms with Gasteiger partial charge in [0.05, 0.1) is 0 Å². The van der Waals surface area contributed by atoms with Crippen molar-refractivity contribution < 1.29 is 17.3 Å². The van der Waals surface area contributed by atoms with E-state index in [4.69, 9.17) is 0 Å². The van der Waals surface area contributed by atoms with Gasteiger partial charge in [-0.1, -0.05) is 19.3 Å². The highest BCUT2D eigenvalue weighted by atomic mass is 31.2. The van der Waals surface area contributed by atoms with E-state index in [0.717, 1.165) is 0 Å². The van der Waals surface area contributed by atoms with Crippen LogP contribution in [-0.2, 0) is 0 Å². The fourth-order valence-corrected chi connectivity index (χ4v) is 9.59. The Labute approximate surface area is 175 Å². The Morgan fingerprint density at radius 2 is 0.828 bits per heavy atom. The van der Waals surface area contributed by atoms with Crippen molar-refractivity contribution in [1.29, 1.82) is 0 Å². The number of rotatable bonds is 4. The van der Waals surface area contributed by atoms with Gasteiger partial charge in [-0.25, -0.2) is 0 Å². The van der Waals surface area contributed by atoms with E-state index < -0.39 is 15.1 Å². The minimum atomic E-state index is -6.00. The molecule has 0 saturated carbocycles. The molecule has 4 nitrogen and oxygen atoms in total. The molecule has 0 amide bonds. The van der Waals surface area contributed by atoms with Crippen LogP contribution in [0.5, 0.6) is 0 Å². The standard InChI is InChI=1S/C19H40N4P.BF4/c1-19(2,3)20-24(21-13-7-4-8-14-21,22-15-9-5-10-16-22)23-17-11-6-12-18-23;2-1(3,4)5/h20H,4-18H2,1-3H3;/q+1;-1. The molecule has 0 aromatic rings. The first-order chi connectivity index (χ1) is 13.5. The van der Waals surface area contributed by atoms with Crippen molar-refractivity contribution in [1.82, 2.24) is 19.1 Å². The first-order valence-corrected chi connectivity index (χ1v) is 13.0. The summed E-state index contributed by atoms with van der Waals surface area (Å²) in [5.41, 5.74) is 0.167. The zero-order valence-corrected chi connectivity index (χ0v) is 19.4. The molecule has 0 bridgehead atoms. The van der Waals surface area contributed by atoms with Crippen LogP contribution in [0, 0.1) is 0 Å². The van der Waals surface area contributed by atoms with Crippen LogP contribution >= 0.6 is 7.87 Å². The summed E-state index contributed by atoms with van der Waals surface area (Å²) >= 11 is 0. The quantitative estimate of drug-likeness (QED) is 0.337. The average Bonchev–Trinajstić information content (AvgIpc) is 2.66. The second-order valence-corrected chi connectivity index (χ2v) is 12.5. The zero-order chi connectivity index (χ0) is 21.5. The molecule has 3 saturated heterocycles. The molecule has 3 aliphatic heterocycles. The first kappa shape index (κ1) is 25.3. The summed E-state index contributed by atoms with van der Waals surface area (Å²) in [6, 6.07) is 0. The van der Waals surface area contributed by atoms with Crippen molar-refractivity contribution in [2.24, 2.45) is 0 Å². The molecule has 0 aromatic carbocycles. The van der Waals surface area contributed by atoms with E-state index in [-0.39, 0.29) is 5.54 Å². The maximum absolute atomic E-state index is 9.75. The summed E-state index contributed by atoms with van der Waals surface area (Å²) in [5, 5.41) is 4.27. The second-order valence-electron chi connectivity index (χ2n) is 9.47. The van der Waals surface area contributed by atoms with Crippen LogP contribution in [0.25, 0.3) is 0 Å². The summed E-state index contributed by atoms with van der Waals surface area (Å²) in [6.07, 6.45) is 12.6. The van der Waals surface area contributed by atoms with E-state index in [1.165, 1.54) is 97.1 Å². The lowest BCUT2D eigenvalue weighted by Gasteiger charge is -2.51. The van der Waals surface area contributed by atoms with Gasteiger partial charge < -0.3 is 17.3 Å². The van der Waals surface area contributed by atoms with Crippen molar-refractivity contribution in [3.63, 3.8) is 0 Å². The summed E-state index contributed by atoms with van der Waals surface area (Å²) in [7, 11) is -7.59. The number of nitrogens with one attached hydrogen (secondary N) is 1. The third kappa shape index (κ3) is 8.25. The van der Waals surface area contributed by atoms with Gasteiger partial charge in [-0.3, -0.25) is 0 Å². The lowest BCUT2D eigenvalue weighted by atomic mass is 10.1. The fourth-order valence-electron chi connectivity index (χ4n) is 4.67. The van der Waals surface area contributed by atoms with Gasteiger partial charge in [-0.05, 0) is 59.3 Å². The third-order valence-corrected chi connectivity index (χ3v) is 10.2. The average molecular weight is 442 g/mol. The monoisotopic (exact) mass is 442 g/mol. The molecule has 3 fully saturated rings. The van der Waals surface area contributed by atoms with Gasteiger partial charge in [-0.2, -0.15) is 0 Å². The Hall–Kier alpha value is 0.0549. The molecule has 0 unspecified atom stereocenters. The topological polar surface area (TPSA) is 21.8 Å². The number of piperidine rings is 3. The van der Waals surface area contributed by atoms with Gasteiger partial charge in [0.15, 0.2) is 0 Å². The summed E-state index contributed by atoms with van der Waals surface area (Å²) in [5.74, 6) is 0. The molecule has 3 heterocycles. The highest BCUT2D eigenvalue weighted by molar-refractivity contribution is 7.67. The second kappa shape index (κ2) is 11.1. The van der Waals surface area contributed by atoms with E-state index in [1.807, 2.05) is 0 Å². The highest BCUT2D eigenvalue weighted by Gasteiger charge is 2.58. The van der Waals surface area contributed by atoms with Crippen LogP contribution in [0.2, 0.25) is 0 Å². The van der Waals surface area contributed by atoms with Gasteiger partial charge in [0.25, 0.3) is 0 Å². The van der Waals surface area contributed by atoms with Gasteiger partial charge in [0.1, 0.15) is 0 Å². The van der Waals surface area contributed by atoms with Crippen LogP contribution < -0.4 is 5.09 Å². The van der Waals surface area contributed by atoms with Gasteiger partial charge in [0, 0.05) is 44.8 Å². The largest absolute Gasteiger partial charge is 0.673 e. The van der Waals surface area contributed by atoms with E-state index in [0.29, 0.717) is 0 Å². The van der Waals surface area contributed by atoms with Crippen molar-refractivity contribution in [2.75, 3.05) is 39.3 Å². The molecular weight excluding hydrogens is 402 g/mol. The predicted molar refractivity (Wildman–Crippen MR) is 116 cm³/mol. The van der Waals surface area contributed by atoms with Gasteiger partial charge >= 0.3 is 15.1 Å². The minimum Gasteiger partial charge on any atom is -0.418 e. The van der Waals surface area contributed by atoms with Crippen molar-refractivity contribution in [3.05, 3.63) is 0 Å². The summed E-state index contributed by atoms with van der Waals surface area (Å²) in [4.78, 5) is 0. The third-order valence-electron chi connectivity index (χ3n) is 5.67. The number of halogens is 4. The molecule has 172 valence electrons. The van der Waals surface area contributed by atoms with Crippen LogP contribution in [0.3, 0.4) is 0 Å². The fraction of sp³-hybridized carbons (Fsp3) is 1.00. The van der Waals surface area contributed by atoms with E-state index in [2.05, 4.69) is 39.9 Å². The zero-order valence-electron chi connectivity index (χ0n) is 18.5. The maximum atomic E-state index is 9.75. The van der Waals surface area contributed by atoms with Crippen molar-refractivity contribution >= 4 is 15.1 Å². The molecular formula is C19H40BF4N4P. The van der Waals surface area contributed by atoms with Crippen LogP contribution in [0.4, 0.5) is 17.3 Å².